The van der Waals surface area contributed by atoms with Gasteiger partial charge in [-0.15, -0.1) is 0 Å². The van der Waals surface area contributed by atoms with Crippen LogP contribution in [0.5, 0.6) is 11.5 Å². The standard InChI is InChI=1S/C17H21N3O4/c1-11-6-16(19-24-11)18-17(21)10-20-5-4-12-7-14(22-2)15(23-3)8-13(12)9-20/h6-8H,4-5,9-10H2,1-3H3,(H,18,19,21). The Morgan fingerprint density at radius 2 is 1.96 bits per heavy atom. The van der Waals surface area contributed by atoms with E-state index in [0.29, 0.717) is 30.4 Å². The molecule has 1 aromatic heterocycles. The summed E-state index contributed by atoms with van der Waals surface area (Å²) in [6.45, 7) is 3.60. The average Bonchev–Trinajstić information content (AvgIpc) is 2.98. The first kappa shape index (κ1) is 16.3. The van der Waals surface area contributed by atoms with Crippen LogP contribution in [0.25, 0.3) is 0 Å². The number of methoxy groups -OCH3 is 2. The van der Waals surface area contributed by atoms with E-state index in [1.54, 1.807) is 27.2 Å². The Bertz CT molecular complexity index is 741. The zero-order chi connectivity index (χ0) is 17.1. The van der Waals surface area contributed by atoms with Crippen LogP contribution in [-0.4, -0.2) is 43.3 Å². The third-order valence-electron chi connectivity index (χ3n) is 4.06. The summed E-state index contributed by atoms with van der Waals surface area (Å²) in [6, 6.07) is 5.70. The fourth-order valence-corrected chi connectivity index (χ4v) is 2.89. The van der Waals surface area contributed by atoms with Crippen molar-refractivity contribution >= 4 is 11.7 Å². The van der Waals surface area contributed by atoms with Crippen LogP contribution < -0.4 is 14.8 Å². The highest BCUT2D eigenvalue weighted by Gasteiger charge is 2.21. The SMILES string of the molecule is COc1cc2c(cc1OC)CN(CC(=O)Nc1cc(C)on1)CC2. The first-order chi connectivity index (χ1) is 11.6. The van der Waals surface area contributed by atoms with Gasteiger partial charge in [-0.25, -0.2) is 0 Å². The van der Waals surface area contributed by atoms with E-state index >= 15 is 0 Å². The third kappa shape index (κ3) is 3.51. The molecule has 7 nitrogen and oxygen atoms in total. The second-order valence-electron chi connectivity index (χ2n) is 5.81. The highest BCUT2D eigenvalue weighted by Crippen LogP contribution is 2.33. The number of benzene rings is 1. The molecule has 0 radical (unpaired) electrons. The normalized spacial score (nSPS) is 14.1. The summed E-state index contributed by atoms with van der Waals surface area (Å²) in [7, 11) is 3.26. The Hall–Kier alpha value is -2.54. The molecular weight excluding hydrogens is 310 g/mol. The van der Waals surface area contributed by atoms with Gasteiger partial charge in [-0.3, -0.25) is 9.69 Å². The summed E-state index contributed by atoms with van der Waals surface area (Å²) >= 11 is 0. The van der Waals surface area contributed by atoms with Crippen molar-refractivity contribution in [3.05, 3.63) is 35.1 Å². The van der Waals surface area contributed by atoms with Crippen molar-refractivity contribution in [1.82, 2.24) is 10.1 Å². The lowest BCUT2D eigenvalue weighted by atomic mass is 9.99. The lowest BCUT2D eigenvalue weighted by Gasteiger charge is -2.28. The Balaban J connectivity index is 1.65. The van der Waals surface area contributed by atoms with Crippen LogP contribution in [0.2, 0.25) is 0 Å². The molecule has 2 heterocycles. The summed E-state index contributed by atoms with van der Waals surface area (Å²) in [6.07, 6.45) is 0.867. The molecule has 0 spiro atoms. The van der Waals surface area contributed by atoms with E-state index in [1.165, 1.54) is 5.56 Å². The topological polar surface area (TPSA) is 76.8 Å². The fourth-order valence-electron chi connectivity index (χ4n) is 2.89. The smallest absolute Gasteiger partial charge is 0.239 e. The zero-order valence-corrected chi connectivity index (χ0v) is 14.1. The van der Waals surface area contributed by atoms with Crippen LogP contribution in [0.3, 0.4) is 0 Å². The number of nitrogens with zero attached hydrogens (tertiary/aromatic N) is 2. The molecule has 1 aromatic carbocycles. The minimum atomic E-state index is -0.104. The van der Waals surface area contributed by atoms with Crippen LogP contribution >= 0.6 is 0 Å². The van der Waals surface area contributed by atoms with Gasteiger partial charge in [-0.05, 0) is 36.6 Å². The largest absolute Gasteiger partial charge is 0.493 e. The molecule has 0 fully saturated rings. The number of hydrogen-bond donors (Lipinski definition) is 1. The predicted octanol–water partition coefficient (Wildman–Crippen LogP) is 2.00. The fraction of sp³-hybridized carbons (Fsp3) is 0.412. The third-order valence-corrected chi connectivity index (χ3v) is 4.06. The number of anilines is 1. The quantitative estimate of drug-likeness (QED) is 0.903. The molecule has 1 amide bonds. The van der Waals surface area contributed by atoms with E-state index in [1.807, 2.05) is 12.1 Å². The number of aryl methyl sites for hydroxylation is 1. The van der Waals surface area contributed by atoms with Crippen molar-refractivity contribution in [2.24, 2.45) is 0 Å². The van der Waals surface area contributed by atoms with E-state index in [-0.39, 0.29) is 5.91 Å². The molecule has 3 rings (SSSR count). The number of aromatic nitrogens is 1. The zero-order valence-electron chi connectivity index (χ0n) is 14.1. The number of rotatable bonds is 5. The second kappa shape index (κ2) is 6.92. The van der Waals surface area contributed by atoms with E-state index in [0.717, 1.165) is 24.3 Å². The van der Waals surface area contributed by atoms with Crippen LogP contribution in [0.15, 0.2) is 22.7 Å². The first-order valence-corrected chi connectivity index (χ1v) is 7.78. The van der Waals surface area contributed by atoms with Crippen LogP contribution in [0.4, 0.5) is 5.82 Å². The number of hydrogen-bond acceptors (Lipinski definition) is 6. The molecule has 128 valence electrons. The number of amides is 1. The highest BCUT2D eigenvalue weighted by molar-refractivity contribution is 5.91. The molecule has 24 heavy (non-hydrogen) atoms. The minimum absolute atomic E-state index is 0.104. The van der Waals surface area contributed by atoms with Gasteiger partial charge in [-0.1, -0.05) is 5.16 Å². The van der Waals surface area contributed by atoms with Gasteiger partial charge < -0.3 is 19.3 Å². The Morgan fingerprint density at radius 1 is 1.25 bits per heavy atom. The minimum Gasteiger partial charge on any atom is -0.493 e. The van der Waals surface area contributed by atoms with Crippen LogP contribution in [0, 0.1) is 6.92 Å². The summed E-state index contributed by atoms with van der Waals surface area (Å²) < 4.78 is 15.6. The lowest BCUT2D eigenvalue weighted by molar-refractivity contribution is -0.117. The molecule has 0 unspecified atom stereocenters. The van der Waals surface area contributed by atoms with Crippen molar-refractivity contribution in [3.8, 4) is 11.5 Å². The Kier molecular flexibility index (Phi) is 4.71. The van der Waals surface area contributed by atoms with Crippen LogP contribution in [0.1, 0.15) is 16.9 Å². The maximum absolute atomic E-state index is 12.1. The summed E-state index contributed by atoms with van der Waals surface area (Å²) in [5.74, 6) is 2.45. The van der Waals surface area contributed by atoms with Crippen molar-refractivity contribution in [3.63, 3.8) is 0 Å². The second-order valence-corrected chi connectivity index (χ2v) is 5.81. The van der Waals surface area contributed by atoms with Gasteiger partial charge in [0, 0.05) is 19.2 Å². The predicted molar refractivity (Wildman–Crippen MR) is 88.4 cm³/mol. The molecule has 1 aliphatic rings. The van der Waals surface area contributed by atoms with E-state index in [2.05, 4.69) is 15.4 Å². The van der Waals surface area contributed by atoms with Gasteiger partial charge >= 0.3 is 0 Å². The van der Waals surface area contributed by atoms with Crippen molar-refractivity contribution in [1.29, 1.82) is 0 Å². The summed E-state index contributed by atoms with van der Waals surface area (Å²) in [5.41, 5.74) is 2.39. The van der Waals surface area contributed by atoms with Crippen molar-refractivity contribution in [2.75, 3.05) is 32.6 Å². The van der Waals surface area contributed by atoms with Gasteiger partial charge in [0.25, 0.3) is 0 Å². The number of fused-ring (bicyclic) bond motifs is 1. The molecule has 0 saturated heterocycles. The van der Waals surface area contributed by atoms with Gasteiger partial charge in [-0.2, -0.15) is 0 Å². The maximum Gasteiger partial charge on any atom is 0.239 e. The molecule has 0 bridgehead atoms. The van der Waals surface area contributed by atoms with Gasteiger partial charge in [0.2, 0.25) is 5.91 Å². The molecule has 2 aromatic rings. The van der Waals surface area contributed by atoms with Gasteiger partial charge in [0.05, 0.1) is 20.8 Å². The Labute approximate surface area is 140 Å². The van der Waals surface area contributed by atoms with Gasteiger partial charge in [0.15, 0.2) is 17.3 Å². The lowest BCUT2D eigenvalue weighted by Crippen LogP contribution is -2.37. The molecule has 0 saturated carbocycles. The number of carbonyl (C=O) groups is 1. The van der Waals surface area contributed by atoms with E-state index < -0.39 is 0 Å². The number of nitrogens with one attached hydrogen (secondary N) is 1. The Morgan fingerprint density at radius 3 is 2.58 bits per heavy atom. The molecule has 1 aliphatic heterocycles. The summed E-state index contributed by atoms with van der Waals surface area (Å²) in [5, 5.41) is 6.52. The first-order valence-electron chi connectivity index (χ1n) is 7.78. The molecular formula is C17H21N3O4. The number of ether oxygens (including phenoxy) is 2. The molecule has 7 heteroatoms. The molecule has 0 atom stereocenters. The van der Waals surface area contributed by atoms with E-state index in [4.69, 9.17) is 14.0 Å². The van der Waals surface area contributed by atoms with Crippen molar-refractivity contribution < 1.29 is 18.8 Å². The van der Waals surface area contributed by atoms with Crippen LogP contribution in [-0.2, 0) is 17.8 Å². The highest BCUT2D eigenvalue weighted by atomic mass is 16.5. The molecule has 1 N–H and O–H groups in total. The van der Waals surface area contributed by atoms with E-state index in [9.17, 15) is 4.79 Å². The van der Waals surface area contributed by atoms with Gasteiger partial charge in [0.1, 0.15) is 5.76 Å². The maximum atomic E-state index is 12.1. The average molecular weight is 331 g/mol. The molecule has 0 aliphatic carbocycles. The van der Waals surface area contributed by atoms with Crippen molar-refractivity contribution in [2.45, 2.75) is 19.9 Å². The number of carbonyl (C=O) groups excluding carboxylic acids is 1. The summed E-state index contributed by atoms with van der Waals surface area (Å²) in [4.78, 5) is 14.2. The monoisotopic (exact) mass is 331 g/mol.